The van der Waals surface area contributed by atoms with E-state index in [0.29, 0.717) is 22.8 Å². The van der Waals surface area contributed by atoms with Crippen LogP contribution in [0.15, 0.2) is 18.2 Å². The summed E-state index contributed by atoms with van der Waals surface area (Å²) < 4.78 is 17.8. The van der Waals surface area contributed by atoms with Crippen molar-refractivity contribution >= 4 is 16.7 Å². The average Bonchev–Trinajstić information content (AvgIpc) is 2.85. The fourth-order valence-corrected chi connectivity index (χ4v) is 2.19. The molecule has 1 aromatic carbocycles. The predicted octanol–water partition coefficient (Wildman–Crippen LogP) is 3.11. The summed E-state index contributed by atoms with van der Waals surface area (Å²) in [5.41, 5.74) is 0.827. The Kier molecular flexibility index (Phi) is 4.42. The van der Waals surface area contributed by atoms with Crippen LogP contribution in [0.3, 0.4) is 0 Å². The fourth-order valence-electron chi connectivity index (χ4n) is 1.58. The summed E-state index contributed by atoms with van der Waals surface area (Å²) >= 11 is 1.28. The van der Waals surface area contributed by atoms with Crippen LogP contribution in [0.25, 0.3) is 0 Å². The van der Waals surface area contributed by atoms with Crippen LogP contribution >= 0.6 is 11.5 Å². The zero-order valence-electron chi connectivity index (χ0n) is 10.5. The fraction of sp³-hybridized carbons (Fsp3) is 0.308. The van der Waals surface area contributed by atoms with Gasteiger partial charge in [-0.05, 0) is 18.6 Å². The van der Waals surface area contributed by atoms with Gasteiger partial charge in [-0.1, -0.05) is 13.0 Å². The number of halogens is 1. The van der Waals surface area contributed by atoms with Crippen molar-refractivity contribution in [3.05, 3.63) is 41.0 Å². The SMILES string of the molecule is CCCc1nsc(NCc2ccc(C#N)cc2F)n1. The number of rotatable bonds is 5. The molecule has 0 radical (unpaired) electrons. The monoisotopic (exact) mass is 276 g/mol. The number of nitrogens with one attached hydrogen (secondary N) is 1. The summed E-state index contributed by atoms with van der Waals surface area (Å²) in [4.78, 5) is 4.30. The highest BCUT2D eigenvalue weighted by Gasteiger charge is 2.06. The molecular weight excluding hydrogens is 263 g/mol. The lowest BCUT2D eigenvalue weighted by molar-refractivity contribution is 0.612. The van der Waals surface area contributed by atoms with Gasteiger partial charge in [-0.3, -0.25) is 0 Å². The van der Waals surface area contributed by atoms with Crippen molar-refractivity contribution in [3.63, 3.8) is 0 Å². The van der Waals surface area contributed by atoms with E-state index in [0.717, 1.165) is 18.7 Å². The normalized spacial score (nSPS) is 10.2. The molecule has 0 saturated heterocycles. The molecule has 0 spiro atoms. The molecule has 0 amide bonds. The Morgan fingerprint density at radius 2 is 2.32 bits per heavy atom. The molecule has 0 atom stereocenters. The third kappa shape index (κ3) is 3.48. The van der Waals surface area contributed by atoms with Crippen molar-refractivity contribution in [3.8, 4) is 6.07 Å². The van der Waals surface area contributed by atoms with E-state index in [-0.39, 0.29) is 5.82 Å². The summed E-state index contributed by atoms with van der Waals surface area (Å²) in [7, 11) is 0. The van der Waals surface area contributed by atoms with E-state index in [9.17, 15) is 4.39 Å². The van der Waals surface area contributed by atoms with Crippen LogP contribution < -0.4 is 5.32 Å². The highest BCUT2D eigenvalue weighted by Crippen LogP contribution is 2.15. The molecule has 0 aliphatic rings. The number of nitrogens with zero attached hydrogens (tertiary/aromatic N) is 3. The molecule has 0 bridgehead atoms. The first-order valence-corrected chi connectivity index (χ1v) is 6.75. The van der Waals surface area contributed by atoms with Crippen LogP contribution in [0.4, 0.5) is 9.52 Å². The zero-order valence-corrected chi connectivity index (χ0v) is 11.3. The second-order valence-electron chi connectivity index (χ2n) is 4.04. The van der Waals surface area contributed by atoms with Gasteiger partial charge in [-0.2, -0.15) is 9.64 Å². The molecular formula is C13H13FN4S. The van der Waals surface area contributed by atoms with Crippen LogP contribution in [0.1, 0.15) is 30.3 Å². The Labute approximate surface area is 115 Å². The molecule has 4 nitrogen and oxygen atoms in total. The first kappa shape index (κ1) is 13.4. The quantitative estimate of drug-likeness (QED) is 0.911. The smallest absolute Gasteiger partial charge is 0.202 e. The highest BCUT2D eigenvalue weighted by atomic mass is 32.1. The number of hydrogen-bond donors (Lipinski definition) is 1. The number of nitriles is 1. The second kappa shape index (κ2) is 6.25. The van der Waals surface area contributed by atoms with Crippen molar-refractivity contribution in [2.75, 3.05) is 5.32 Å². The summed E-state index contributed by atoms with van der Waals surface area (Å²) in [6.45, 7) is 2.40. The molecule has 0 aliphatic heterocycles. The summed E-state index contributed by atoms with van der Waals surface area (Å²) in [5.74, 6) is 0.431. The molecule has 0 aliphatic carbocycles. The second-order valence-corrected chi connectivity index (χ2v) is 4.79. The Hall–Kier alpha value is -2.00. The van der Waals surface area contributed by atoms with Crippen molar-refractivity contribution in [1.29, 1.82) is 5.26 Å². The van der Waals surface area contributed by atoms with Gasteiger partial charge in [0.25, 0.3) is 0 Å². The molecule has 1 aromatic heterocycles. The first-order chi connectivity index (χ1) is 9.22. The van der Waals surface area contributed by atoms with E-state index in [1.165, 1.54) is 17.6 Å². The number of aromatic nitrogens is 2. The number of benzene rings is 1. The molecule has 0 fully saturated rings. The molecule has 98 valence electrons. The van der Waals surface area contributed by atoms with Gasteiger partial charge in [0.15, 0.2) is 0 Å². The lowest BCUT2D eigenvalue weighted by atomic mass is 10.1. The van der Waals surface area contributed by atoms with Crippen LogP contribution in [0.5, 0.6) is 0 Å². The van der Waals surface area contributed by atoms with Crippen molar-refractivity contribution in [1.82, 2.24) is 9.36 Å². The zero-order chi connectivity index (χ0) is 13.7. The van der Waals surface area contributed by atoms with Gasteiger partial charge in [0, 0.05) is 30.1 Å². The van der Waals surface area contributed by atoms with Crippen LogP contribution in [-0.2, 0) is 13.0 Å². The molecule has 6 heteroatoms. The first-order valence-electron chi connectivity index (χ1n) is 5.98. The minimum absolute atomic E-state index is 0.322. The maximum absolute atomic E-state index is 13.6. The van der Waals surface area contributed by atoms with Crippen LogP contribution in [0, 0.1) is 17.1 Å². The lowest BCUT2D eigenvalue weighted by Crippen LogP contribution is -2.02. The number of hydrogen-bond acceptors (Lipinski definition) is 5. The highest BCUT2D eigenvalue weighted by molar-refractivity contribution is 7.09. The molecule has 19 heavy (non-hydrogen) atoms. The molecule has 2 rings (SSSR count). The minimum Gasteiger partial charge on any atom is -0.356 e. The van der Waals surface area contributed by atoms with Gasteiger partial charge in [-0.25, -0.2) is 9.37 Å². The number of aryl methyl sites for hydroxylation is 1. The Morgan fingerprint density at radius 1 is 1.47 bits per heavy atom. The van der Waals surface area contributed by atoms with Crippen LogP contribution in [-0.4, -0.2) is 9.36 Å². The maximum atomic E-state index is 13.6. The number of anilines is 1. The van der Waals surface area contributed by atoms with Gasteiger partial charge >= 0.3 is 0 Å². The van der Waals surface area contributed by atoms with Crippen molar-refractivity contribution in [2.45, 2.75) is 26.3 Å². The summed E-state index contributed by atoms with van der Waals surface area (Å²) in [6.07, 6.45) is 1.85. The van der Waals surface area contributed by atoms with Gasteiger partial charge in [0.1, 0.15) is 11.6 Å². The third-order valence-electron chi connectivity index (χ3n) is 2.55. The van der Waals surface area contributed by atoms with Crippen molar-refractivity contribution < 1.29 is 4.39 Å². The lowest BCUT2D eigenvalue weighted by Gasteiger charge is -2.04. The van der Waals surface area contributed by atoms with Gasteiger partial charge in [-0.15, -0.1) is 0 Å². The minimum atomic E-state index is -0.384. The van der Waals surface area contributed by atoms with Crippen molar-refractivity contribution in [2.24, 2.45) is 0 Å². The maximum Gasteiger partial charge on any atom is 0.202 e. The molecule has 1 N–H and O–H groups in total. The predicted molar refractivity (Wildman–Crippen MR) is 72.3 cm³/mol. The van der Waals surface area contributed by atoms with E-state index in [1.54, 1.807) is 12.1 Å². The van der Waals surface area contributed by atoms with E-state index in [2.05, 4.69) is 21.6 Å². The Bertz CT molecular complexity index is 603. The topological polar surface area (TPSA) is 61.6 Å². The van der Waals surface area contributed by atoms with E-state index < -0.39 is 0 Å². The average molecular weight is 276 g/mol. The Balaban J connectivity index is 2.00. The molecule has 1 heterocycles. The Morgan fingerprint density at radius 3 is 3.00 bits per heavy atom. The largest absolute Gasteiger partial charge is 0.356 e. The molecule has 0 saturated carbocycles. The standard InChI is InChI=1S/C13H13FN4S/c1-2-3-12-17-13(19-18-12)16-8-10-5-4-9(7-15)6-11(10)14/h4-6H,2-3,8H2,1H3,(H,16,17,18). The van der Waals surface area contributed by atoms with Gasteiger partial charge in [0.2, 0.25) is 5.13 Å². The van der Waals surface area contributed by atoms with E-state index in [4.69, 9.17) is 5.26 Å². The van der Waals surface area contributed by atoms with E-state index >= 15 is 0 Å². The molecule has 0 unspecified atom stereocenters. The molecule has 2 aromatic rings. The summed E-state index contributed by atoms with van der Waals surface area (Å²) in [6, 6.07) is 6.35. The third-order valence-corrected chi connectivity index (χ3v) is 3.26. The van der Waals surface area contributed by atoms with Gasteiger partial charge < -0.3 is 5.32 Å². The van der Waals surface area contributed by atoms with Crippen LogP contribution in [0.2, 0.25) is 0 Å². The summed E-state index contributed by atoms with van der Waals surface area (Å²) in [5, 5.41) is 12.4. The van der Waals surface area contributed by atoms with Gasteiger partial charge in [0.05, 0.1) is 11.6 Å². The van der Waals surface area contributed by atoms with E-state index in [1.807, 2.05) is 6.07 Å².